The van der Waals surface area contributed by atoms with Crippen LogP contribution in [0, 0.1) is 19.3 Å². The molecule has 2 saturated carbocycles. The van der Waals surface area contributed by atoms with E-state index in [1.54, 1.807) is 20.8 Å². The molecule has 0 saturated heterocycles. The minimum atomic E-state index is -4.51. The van der Waals surface area contributed by atoms with Crippen molar-refractivity contribution in [1.82, 2.24) is 20.2 Å². The van der Waals surface area contributed by atoms with E-state index in [-0.39, 0.29) is 47.8 Å². The lowest BCUT2D eigenvalue weighted by Gasteiger charge is -2.43. The molecule has 0 unspecified atom stereocenters. The molecule has 4 bridgehead atoms. The fourth-order valence-electron chi connectivity index (χ4n) is 7.24. The highest BCUT2D eigenvalue weighted by atomic mass is 32.2. The second-order valence-corrected chi connectivity index (χ2v) is 16.8. The fraction of sp³-hybridized carbons (Fsp3) is 0.514. The molecule has 1 aliphatic heterocycles. The van der Waals surface area contributed by atoms with E-state index in [1.807, 2.05) is 32.0 Å². The number of hydrogen-bond donors (Lipinski definition) is 2. The number of anilines is 1. The third-order valence-corrected chi connectivity index (χ3v) is 11.3. The van der Waals surface area contributed by atoms with Crippen molar-refractivity contribution in [3.8, 4) is 17.1 Å². The molecule has 2 heterocycles. The lowest BCUT2D eigenvalue weighted by Crippen LogP contribution is -2.54. The van der Waals surface area contributed by atoms with Crippen LogP contribution >= 0.6 is 0 Å². The Hall–Kier alpha value is -4.40. The Kier molecular flexibility index (Phi) is 9.96. The molecule has 2 aromatic carbocycles. The van der Waals surface area contributed by atoms with Gasteiger partial charge in [-0.2, -0.15) is 18.2 Å². The molecule has 2 fully saturated rings. The zero-order valence-electron chi connectivity index (χ0n) is 29.8. The molecule has 3 aromatic rings. The van der Waals surface area contributed by atoms with E-state index < -0.39 is 57.7 Å². The standard InChI is InChI=1S/C37H44F3N5O6S/c1-22-8-6-9-23(2)31(22)29-19-30-43-33(42-29)44-52(48,49)28-11-7-10-24(18-28)32(46)45(27(21-50-30)20-36(16-17-36)37(38,39)40)26-14-12-25(13-15-26)41-34(47)51-35(3,4)5/h6-11,18-19,25-27H,12-17,20-21H2,1-5H3,(H,41,47)(H,42,43,44)/t25-,26+,27-/m1/s1. The molecule has 1 atom stereocenters. The van der Waals surface area contributed by atoms with Crippen LogP contribution in [0.1, 0.15) is 87.2 Å². The first kappa shape index (κ1) is 37.4. The lowest BCUT2D eigenvalue weighted by atomic mass is 9.87. The van der Waals surface area contributed by atoms with E-state index in [2.05, 4.69) is 20.0 Å². The summed E-state index contributed by atoms with van der Waals surface area (Å²) in [6.07, 6.45) is -4.01. The number of carbonyl (C=O) groups excluding carboxylic acids is 2. The monoisotopic (exact) mass is 743 g/mol. The summed E-state index contributed by atoms with van der Waals surface area (Å²) >= 11 is 0. The topological polar surface area (TPSA) is 140 Å². The molecule has 6 rings (SSSR count). The van der Waals surface area contributed by atoms with Crippen molar-refractivity contribution in [3.05, 3.63) is 65.2 Å². The fourth-order valence-corrected chi connectivity index (χ4v) is 8.23. The molecule has 280 valence electrons. The number of halogens is 3. The number of aryl methyl sites for hydroxylation is 2. The highest BCUT2D eigenvalue weighted by Gasteiger charge is 2.64. The highest BCUT2D eigenvalue weighted by molar-refractivity contribution is 7.92. The molecule has 2 N–H and O–H groups in total. The number of alkyl carbamates (subject to hydrolysis) is 1. The number of ether oxygens (including phenoxy) is 2. The first-order chi connectivity index (χ1) is 24.3. The summed E-state index contributed by atoms with van der Waals surface area (Å²) in [7, 11) is -4.33. The highest BCUT2D eigenvalue weighted by Crippen LogP contribution is 2.61. The van der Waals surface area contributed by atoms with Gasteiger partial charge in [0, 0.05) is 29.3 Å². The Bertz CT molecular complexity index is 1930. The summed E-state index contributed by atoms with van der Waals surface area (Å²) in [5, 5.41) is 2.87. The van der Waals surface area contributed by atoms with Crippen molar-refractivity contribution < 1.29 is 40.7 Å². The minimum absolute atomic E-state index is 0.00170. The number of amides is 2. The van der Waals surface area contributed by atoms with Crippen molar-refractivity contribution in [2.45, 2.75) is 114 Å². The average Bonchev–Trinajstić information content (AvgIpc) is 3.84. The Morgan fingerprint density at radius 2 is 1.67 bits per heavy atom. The van der Waals surface area contributed by atoms with Gasteiger partial charge in [-0.25, -0.2) is 22.9 Å². The summed E-state index contributed by atoms with van der Waals surface area (Å²) in [6, 6.07) is 10.7. The third kappa shape index (κ3) is 8.13. The van der Waals surface area contributed by atoms with Crippen LogP contribution in [0.5, 0.6) is 5.88 Å². The Morgan fingerprint density at radius 1 is 1.02 bits per heavy atom. The van der Waals surface area contributed by atoms with Gasteiger partial charge in [0.25, 0.3) is 15.9 Å². The van der Waals surface area contributed by atoms with Crippen LogP contribution in [0.25, 0.3) is 11.3 Å². The molecule has 0 spiro atoms. The Morgan fingerprint density at radius 3 is 2.29 bits per heavy atom. The second-order valence-electron chi connectivity index (χ2n) is 15.1. The quantitative estimate of drug-likeness (QED) is 0.277. The second kappa shape index (κ2) is 13.9. The minimum Gasteiger partial charge on any atom is -0.475 e. The number of sulfonamides is 1. The molecule has 52 heavy (non-hydrogen) atoms. The molecule has 2 amide bonds. The number of benzene rings is 2. The van der Waals surface area contributed by atoms with Crippen LogP contribution in [-0.2, 0) is 14.8 Å². The normalized spacial score (nSPS) is 22.8. The van der Waals surface area contributed by atoms with E-state index in [4.69, 9.17) is 9.47 Å². The number of nitrogens with one attached hydrogen (secondary N) is 2. The number of alkyl halides is 3. The van der Waals surface area contributed by atoms with E-state index in [0.29, 0.717) is 31.4 Å². The van der Waals surface area contributed by atoms with Gasteiger partial charge < -0.3 is 19.7 Å². The van der Waals surface area contributed by atoms with Crippen LogP contribution in [0.3, 0.4) is 0 Å². The van der Waals surface area contributed by atoms with Crippen LogP contribution in [0.2, 0.25) is 0 Å². The van der Waals surface area contributed by atoms with Gasteiger partial charge in [0.1, 0.15) is 12.2 Å². The van der Waals surface area contributed by atoms with E-state index >= 15 is 0 Å². The predicted octanol–water partition coefficient (Wildman–Crippen LogP) is 7.33. The van der Waals surface area contributed by atoms with Gasteiger partial charge in [0.2, 0.25) is 11.8 Å². The van der Waals surface area contributed by atoms with Crippen molar-refractivity contribution in [3.63, 3.8) is 0 Å². The predicted molar refractivity (Wildman–Crippen MR) is 187 cm³/mol. The average molecular weight is 744 g/mol. The van der Waals surface area contributed by atoms with Gasteiger partial charge in [0.05, 0.1) is 22.0 Å². The SMILES string of the molecule is Cc1cccc(C)c1-c1cc2nc(n1)NS(=O)(=O)c1cccc(c1)C(=O)N([C@H]1CC[C@@H](NC(=O)OC(C)(C)C)CC1)[C@H](CC1(C(F)(F)F)CC1)CO2. The van der Waals surface area contributed by atoms with Gasteiger partial charge in [-0.1, -0.05) is 24.3 Å². The lowest BCUT2D eigenvalue weighted by molar-refractivity contribution is -0.193. The van der Waals surface area contributed by atoms with E-state index in [1.165, 1.54) is 35.2 Å². The summed E-state index contributed by atoms with van der Waals surface area (Å²) in [5.41, 5.74) is 0.111. The zero-order chi connectivity index (χ0) is 37.6. The number of rotatable bonds is 5. The first-order valence-electron chi connectivity index (χ1n) is 17.4. The van der Waals surface area contributed by atoms with Crippen molar-refractivity contribution in [2.24, 2.45) is 5.41 Å². The molecular weight excluding hydrogens is 699 g/mol. The molecule has 15 heteroatoms. The van der Waals surface area contributed by atoms with Crippen molar-refractivity contribution in [1.29, 1.82) is 0 Å². The molecular formula is C37H44F3N5O6S. The Balaban J connectivity index is 1.41. The first-order valence-corrected chi connectivity index (χ1v) is 18.9. The van der Waals surface area contributed by atoms with Crippen LogP contribution in [-0.4, -0.2) is 71.8 Å². The van der Waals surface area contributed by atoms with Crippen LogP contribution in [0.4, 0.5) is 23.9 Å². The summed E-state index contributed by atoms with van der Waals surface area (Å²) in [4.78, 5) is 37.1. The summed E-state index contributed by atoms with van der Waals surface area (Å²) in [5.74, 6) is -0.958. The van der Waals surface area contributed by atoms with E-state index in [0.717, 1.165) is 16.7 Å². The van der Waals surface area contributed by atoms with Crippen LogP contribution in [0.15, 0.2) is 53.4 Å². The zero-order valence-corrected chi connectivity index (χ0v) is 30.7. The van der Waals surface area contributed by atoms with Crippen molar-refractivity contribution >= 4 is 28.0 Å². The molecule has 11 nitrogen and oxygen atoms in total. The van der Waals surface area contributed by atoms with Gasteiger partial charge in [-0.05, 0) is 109 Å². The molecule has 0 radical (unpaired) electrons. The number of aromatic nitrogens is 2. The largest absolute Gasteiger partial charge is 0.475 e. The maximum atomic E-state index is 14.6. The summed E-state index contributed by atoms with van der Waals surface area (Å²) < 4.78 is 85.1. The third-order valence-electron chi connectivity index (χ3n) is 10.0. The van der Waals surface area contributed by atoms with Gasteiger partial charge >= 0.3 is 12.3 Å². The maximum absolute atomic E-state index is 14.6. The number of carbonyl (C=O) groups is 2. The van der Waals surface area contributed by atoms with Gasteiger partial charge in [-0.3, -0.25) is 4.79 Å². The number of fused-ring (bicyclic) bond motifs is 4. The molecule has 3 aliphatic rings. The van der Waals surface area contributed by atoms with Gasteiger partial charge in [-0.15, -0.1) is 0 Å². The number of hydrogen-bond acceptors (Lipinski definition) is 8. The van der Waals surface area contributed by atoms with Crippen molar-refractivity contribution in [2.75, 3.05) is 11.3 Å². The smallest absolute Gasteiger partial charge is 0.407 e. The number of nitrogens with zero attached hydrogens (tertiary/aromatic N) is 3. The van der Waals surface area contributed by atoms with E-state index in [9.17, 15) is 31.2 Å². The maximum Gasteiger partial charge on any atom is 0.407 e. The van der Waals surface area contributed by atoms with Crippen LogP contribution < -0.4 is 14.8 Å². The Labute approximate surface area is 301 Å². The summed E-state index contributed by atoms with van der Waals surface area (Å²) in [6.45, 7) is 8.69. The molecule has 2 aliphatic carbocycles. The van der Waals surface area contributed by atoms with Gasteiger partial charge in [0.15, 0.2) is 0 Å². The molecule has 1 aromatic heterocycles.